The van der Waals surface area contributed by atoms with Crippen LogP contribution in [-0.4, -0.2) is 90.9 Å². The Morgan fingerprint density at radius 3 is 2.46 bits per heavy atom. The highest BCUT2D eigenvalue weighted by Crippen LogP contribution is 2.18. The summed E-state index contributed by atoms with van der Waals surface area (Å²) in [5.41, 5.74) is 1.52. The molecule has 3 heterocycles. The van der Waals surface area contributed by atoms with Gasteiger partial charge < -0.3 is 19.6 Å². The summed E-state index contributed by atoms with van der Waals surface area (Å²) in [5, 5.41) is 0. The van der Waals surface area contributed by atoms with E-state index in [1.54, 1.807) is 11.1 Å². The number of anilines is 1. The predicted molar refractivity (Wildman–Crippen MR) is 92.1 cm³/mol. The average molecular weight is 331 g/mol. The molecule has 1 aromatic rings. The van der Waals surface area contributed by atoms with Crippen LogP contribution < -0.4 is 4.90 Å². The van der Waals surface area contributed by atoms with E-state index in [0.29, 0.717) is 18.8 Å². The smallest absolute Gasteiger partial charge is 0.272 e. The first-order chi connectivity index (χ1) is 11.7. The summed E-state index contributed by atoms with van der Waals surface area (Å²) in [4.78, 5) is 36.0. The fourth-order valence-electron chi connectivity index (χ4n) is 3.25. The normalized spacial score (nSPS) is 19.5. The van der Waals surface area contributed by atoms with E-state index in [2.05, 4.69) is 21.7 Å². The lowest BCUT2D eigenvalue weighted by molar-refractivity contribution is -0.118. The number of nitrogens with zero attached hydrogens (tertiary/aromatic N) is 5. The Hall–Kier alpha value is -2.15. The number of likely N-dealkylation sites (N-methyl/N-ethyl adjacent to an activating group) is 1. The lowest BCUT2D eigenvalue weighted by Gasteiger charge is -2.35. The van der Waals surface area contributed by atoms with Gasteiger partial charge in [-0.15, -0.1) is 0 Å². The maximum atomic E-state index is 12.7. The number of pyridine rings is 1. The van der Waals surface area contributed by atoms with Crippen LogP contribution in [0.25, 0.3) is 0 Å². The SMILES string of the molecule is CCN1CCN(C(=O)c2cc(N3CCN(C=O)CC3)ccn2)CC1. The van der Waals surface area contributed by atoms with Gasteiger partial charge in [0.1, 0.15) is 5.69 Å². The Morgan fingerprint density at radius 1 is 1.12 bits per heavy atom. The maximum Gasteiger partial charge on any atom is 0.272 e. The van der Waals surface area contributed by atoms with Crippen LogP contribution in [0.4, 0.5) is 5.69 Å². The van der Waals surface area contributed by atoms with E-state index >= 15 is 0 Å². The van der Waals surface area contributed by atoms with Crippen LogP contribution in [0.5, 0.6) is 0 Å². The van der Waals surface area contributed by atoms with E-state index in [1.165, 1.54) is 0 Å². The topological polar surface area (TPSA) is 60.0 Å². The van der Waals surface area contributed by atoms with Gasteiger partial charge in [0, 0.05) is 64.2 Å². The minimum Gasteiger partial charge on any atom is -0.368 e. The van der Waals surface area contributed by atoms with Crippen LogP contribution in [0.2, 0.25) is 0 Å². The molecule has 2 aliphatic rings. The molecule has 0 unspecified atom stereocenters. The fraction of sp³-hybridized carbons (Fsp3) is 0.588. The number of aromatic nitrogens is 1. The molecule has 1 aromatic heterocycles. The number of rotatable bonds is 4. The second-order valence-corrected chi connectivity index (χ2v) is 6.25. The summed E-state index contributed by atoms with van der Waals surface area (Å²) < 4.78 is 0. The molecule has 0 radical (unpaired) electrons. The van der Waals surface area contributed by atoms with Crippen molar-refractivity contribution in [2.24, 2.45) is 0 Å². The molecule has 0 atom stereocenters. The zero-order valence-electron chi connectivity index (χ0n) is 14.2. The van der Waals surface area contributed by atoms with Gasteiger partial charge in [0.05, 0.1) is 0 Å². The number of piperazine rings is 2. The van der Waals surface area contributed by atoms with Crippen molar-refractivity contribution in [2.75, 3.05) is 63.8 Å². The summed E-state index contributed by atoms with van der Waals surface area (Å²) in [5.74, 6) is 0.0131. The van der Waals surface area contributed by atoms with Crippen molar-refractivity contribution in [3.05, 3.63) is 24.0 Å². The molecule has 0 N–H and O–H groups in total. The third-order valence-corrected chi connectivity index (χ3v) is 4.90. The third-order valence-electron chi connectivity index (χ3n) is 4.90. The van der Waals surface area contributed by atoms with Crippen molar-refractivity contribution in [2.45, 2.75) is 6.92 Å². The number of carbonyl (C=O) groups is 2. The van der Waals surface area contributed by atoms with Crippen LogP contribution in [-0.2, 0) is 4.79 Å². The van der Waals surface area contributed by atoms with Gasteiger partial charge in [0.25, 0.3) is 5.91 Å². The van der Waals surface area contributed by atoms with E-state index < -0.39 is 0 Å². The molecule has 2 aliphatic heterocycles. The van der Waals surface area contributed by atoms with Crippen molar-refractivity contribution in [1.29, 1.82) is 0 Å². The zero-order chi connectivity index (χ0) is 16.9. The van der Waals surface area contributed by atoms with Crippen LogP contribution >= 0.6 is 0 Å². The molecule has 0 spiro atoms. The van der Waals surface area contributed by atoms with Gasteiger partial charge in [-0.25, -0.2) is 0 Å². The molecular formula is C17H25N5O2. The van der Waals surface area contributed by atoms with Gasteiger partial charge in [-0.05, 0) is 18.7 Å². The fourth-order valence-corrected chi connectivity index (χ4v) is 3.25. The largest absolute Gasteiger partial charge is 0.368 e. The Kier molecular flexibility index (Phi) is 5.30. The van der Waals surface area contributed by atoms with E-state index in [-0.39, 0.29) is 5.91 Å². The molecule has 7 heteroatoms. The van der Waals surface area contributed by atoms with E-state index in [9.17, 15) is 9.59 Å². The van der Waals surface area contributed by atoms with Crippen LogP contribution in [0, 0.1) is 0 Å². The minimum absolute atomic E-state index is 0.0131. The lowest BCUT2D eigenvalue weighted by atomic mass is 10.2. The van der Waals surface area contributed by atoms with Gasteiger partial charge in [-0.2, -0.15) is 0 Å². The summed E-state index contributed by atoms with van der Waals surface area (Å²) in [6.07, 6.45) is 2.60. The monoisotopic (exact) mass is 331 g/mol. The molecule has 0 aliphatic carbocycles. The molecule has 24 heavy (non-hydrogen) atoms. The zero-order valence-corrected chi connectivity index (χ0v) is 14.2. The Balaban J connectivity index is 1.65. The highest BCUT2D eigenvalue weighted by molar-refractivity contribution is 5.93. The Labute approximate surface area is 142 Å². The molecule has 3 rings (SSSR count). The van der Waals surface area contributed by atoms with Crippen molar-refractivity contribution in [3.8, 4) is 0 Å². The molecular weight excluding hydrogens is 306 g/mol. The first kappa shape index (κ1) is 16.7. The van der Waals surface area contributed by atoms with E-state index in [0.717, 1.165) is 57.9 Å². The summed E-state index contributed by atoms with van der Waals surface area (Å²) in [6, 6.07) is 3.81. The van der Waals surface area contributed by atoms with Gasteiger partial charge in [-0.1, -0.05) is 6.92 Å². The average Bonchev–Trinajstić information content (AvgIpc) is 2.67. The number of hydrogen-bond acceptors (Lipinski definition) is 5. The molecule has 130 valence electrons. The predicted octanol–water partition coefficient (Wildman–Crippen LogP) is 0.138. The minimum atomic E-state index is 0.0131. The molecule has 2 amide bonds. The number of hydrogen-bond donors (Lipinski definition) is 0. The van der Waals surface area contributed by atoms with Crippen LogP contribution in [0.1, 0.15) is 17.4 Å². The second-order valence-electron chi connectivity index (χ2n) is 6.25. The summed E-state index contributed by atoms with van der Waals surface area (Å²) >= 11 is 0. The van der Waals surface area contributed by atoms with Crippen molar-refractivity contribution >= 4 is 18.0 Å². The summed E-state index contributed by atoms with van der Waals surface area (Å²) in [7, 11) is 0. The van der Waals surface area contributed by atoms with Crippen molar-refractivity contribution in [3.63, 3.8) is 0 Å². The van der Waals surface area contributed by atoms with Gasteiger partial charge >= 0.3 is 0 Å². The summed E-state index contributed by atoms with van der Waals surface area (Å²) in [6.45, 7) is 9.55. The first-order valence-corrected chi connectivity index (χ1v) is 8.63. The molecule has 0 bridgehead atoms. The molecule has 0 aromatic carbocycles. The van der Waals surface area contributed by atoms with Crippen molar-refractivity contribution in [1.82, 2.24) is 19.7 Å². The highest BCUT2D eigenvalue weighted by Gasteiger charge is 2.23. The lowest BCUT2D eigenvalue weighted by Crippen LogP contribution is -2.48. The Bertz CT molecular complexity index is 578. The molecule has 2 saturated heterocycles. The Morgan fingerprint density at radius 2 is 1.83 bits per heavy atom. The standard InChI is InChI=1S/C17H25N5O2/c1-2-19-5-11-22(12-6-19)17(24)16-13-15(3-4-18-16)21-9-7-20(14-23)8-10-21/h3-4,13-14H,2,5-12H2,1H3. The van der Waals surface area contributed by atoms with E-state index in [1.807, 2.05) is 17.0 Å². The van der Waals surface area contributed by atoms with Crippen LogP contribution in [0.3, 0.4) is 0 Å². The van der Waals surface area contributed by atoms with Gasteiger partial charge in [-0.3, -0.25) is 14.6 Å². The molecule has 0 saturated carbocycles. The molecule has 2 fully saturated rings. The number of carbonyl (C=O) groups excluding carboxylic acids is 2. The van der Waals surface area contributed by atoms with Gasteiger partial charge in [0.2, 0.25) is 6.41 Å². The third kappa shape index (κ3) is 3.67. The number of amides is 2. The second kappa shape index (κ2) is 7.61. The molecule has 7 nitrogen and oxygen atoms in total. The van der Waals surface area contributed by atoms with Crippen molar-refractivity contribution < 1.29 is 9.59 Å². The van der Waals surface area contributed by atoms with Gasteiger partial charge in [0.15, 0.2) is 0 Å². The maximum absolute atomic E-state index is 12.7. The quantitative estimate of drug-likeness (QED) is 0.735. The van der Waals surface area contributed by atoms with Crippen LogP contribution in [0.15, 0.2) is 18.3 Å². The van der Waals surface area contributed by atoms with E-state index in [4.69, 9.17) is 0 Å². The highest BCUT2D eigenvalue weighted by atomic mass is 16.2. The first-order valence-electron chi connectivity index (χ1n) is 8.63.